The number of pyridine rings is 1. The predicted molar refractivity (Wildman–Crippen MR) is 105 cm³/mol. The normalized spacial score (nSPS) is 19.4. The van der Waals surface area contributed by atoms with E-state index in [0.717, 1.165) is 12.8 Å². The summed E-state index contributed by atoms with van der Waals surface area (Å²) >= 11 is 0. The van der Waals surface area contributed by atoms with Crippen LogP contribution in [0.3, 0.4) is 0 Å². The van der Waals surface area contributed by atoms with Gasteiger partial charge in [0.05, 0.1) is 5.69 Å². The van der Waals surface area contributed by atoms with Crippen molar-refractivity contribution in [1.82, 2.24) is 14.6 Å². The van der Waals surface area contributed by atoms with Crippen LogP contribution >= 0.6 is 0 Å². The first kappa shape index (κ1) is 19.3. The summed E-state index contributed by atoms with van der Waals surface area (Å²) in [5.41, 5.74) is -1.85. The zero-order valence-corrected chi connectivity index (χ0v) is 16.4. The van der Waals surface area contributed by atoms with Gasteiger partial charge in [0.1, 0.15) is 17.1 Å². The fourth-order valence-corrected chi connectivity index (χ4v) is 4.38. The Labute approximate surface area is 171 Å². The molecule has 3 heterocycles. The molecular weight excluding hydrogens is 396 g/mol. The van der Waals surface area contributed by atoms with E-state index in [0.29, 0.717) is 23.7 Å². The largest absolute Gasteiger partial charge is 0.422 e. The molecule has 0 amide bonds. The third-order valence-electron chi connectivity index (χ3n) is 6.27. The minimum Gasteiger partial charge on any atom is -0.371 e. The van der Waals surface area contributed by atoms with Crippen LogP contribution in [0.15, 0.2) is 42.6 Å². The SMILES string of the molecule is FC(F)(F)c1c(N2CCC(F)(c3ccccc3)CC2)ccn2c(CC3CC3)nnc12. The summed E-state index contributed by atoms with van der Waals surface area (Å²) in [6.07, 6.45) is 0.122. The maximum absolute atomic E-state index is 15.4. The van der Waals surface area contributed by atoms with Crippen molar-refractivity contribution < 1.29 is 17.6 Å². The summed E-state index contributed by atoms with van der Waals surface area (Å²) in [5, 5.41) is 7.92. The lowest BCUT2D eigenvalue weighted by molar-refractivity contribution is -0.136. The van der Waals surface area contributed by atoms with E-state index in [2.05, 4.69) is 10.2 Å². The molecule has 0 unspecified atom stereocenters. The van der Waals surface area contributed by atoms with Crippen LogP contribution in [-0.4, -0.2) is 27.7 Å². The van der Waals surface area contributed by atoms with Crippen molar-refractivity contribution in [3.8, 4) is 0 Å². The van der Waals surface area contributed by atoms with Crippen molar-refractivity contribution in [3.05, 3.63) is 59.5 Å². The highest BCUT2D eigenvalue weighted by atomic mass is 19.4. The van der Waals surface area contributed by atoms with Gasteiger partial charge in [0, 0.05) is 38.5 Å². The maximum Gasteiger partial charge on any atom is 0.422 e. The number of benzene rings is 1. The molecule has 0 N–H and O–H groups in total. The minimum absolute atomic E-state index is 0.0514. The highest BCUT2D eigenvalue weighted by molar-refractivity contribution is 5.67. The highest BCUT2D eigenvalue weighted by Gasteiger charge is 2.42. The number of rotatable bonds is 4. The lowest BCUT2D eigenvalue weighted by atomic mass is 9.86. The number of alkyl halides is 4. The van der Waals surface area contributed by atoms with Crippen LogP contribution in [0.5, 0.6) is 0 Å². The van der Waals surface area contributed by atoms with Gasteiger partial charge in [-0.15, -0.1) is 10.2 Å². The van der Waals surface area contributed by atoms with Crippen LogP contribution in [0.2, 0.25) is 0 Å². The molecule has 0 radical (unpaired) electrons. The van der Waals surface area contributed by atoms with Crippen molar-refractivity contribution in [3.63, 3.8) is 0 Å². The van der Waals surface area contributed by atoms with Crippen molar-refractivity contribution in [2.24, 2.45) is 5.92 Å². The monoisotopic (exact) mass is 418 g/mol. The Kier molecular flexibility index (Phi) is 4.48. The molecule has 3 aromatic rings. The fourth-order valence-electron chi connectivity index (χ4n) is 4.38. The molecule has 2 fully saturated rings. The molecule has 1 aliphatic carbocycles. The van der Waals surface area contributed by atoms with Gasteiger partial charge >= 0.3 is 6.18 Å². The number of nitrogens with zero attached hydrogens (tertiary/aromatic N) is 4. The van der Waals surface area contributed by atoms with Crippen LogP contribution < -0.4 is 4.90 Å². The lowest BCUT2D eigenvalue weighted by Gasteiger charge is -2.38. The van der Waals surface area contributed by atoms with Gasteiger partial charge < -0.3 is 4.90 Å². The standard InChI is InChI=1S/C22H22F4N4/c23-21(16-4-2-1-3-5-16)9-12-29(13-10-21)17-8-11-30-18(14-15-6-7-15)27-28-20(30)19(17)22(24,25)26/h1-5,8,11,15H,6-7,9-10,12-14H2. The van der Waals surface area contributed by atoms with Crippen LogP contribution in [0.25, 0.3) is 5.65 Å². The molecule has 2 aliphatic rings. The van der Waals surface area contributed by atoms with E-state index in [1.54, 1.807) is 35.4 Å². The predicted octanol–water partition coefficient (Wildman–Crippen LogP) is 5.17. The second-order valence-corrected chi connectivity index (χ2v) is 8.35. The molecule has 0 spiro atoms. The van der Waals surface area contributed by atoms with E-state index in [1.165, 1.54) is 10.5 Å². The van der Waals surface area contributed by atoms with E-state index < -0.39 is 17.4 Å². The summed E-state index contributed by atoms with van der Waals surface area (Å²) in [6, 6.07) is 10.3. The van der Waals surface area contributed by atoms with Crippen LogP contribution in [0.4, 0.5) is 23.2 Å². The molecule has 30 heavy (non-hydrogen) atoms. The average Bonchev–Trinajstić information content (AvgIpc) is 3.46. The topological polar surface area (TPSA) is 33.4 Å². The van der Waals surface area contributed by atoms with Gasteiger partial charge in [0.25, 0.3) is 0 Å². The van der Waals surface area contributed by atoms with E-state index in [4.69, 9.17) is 0 Å². The Balaban J connectivity index is 1.47. The zero-order chi connectivity index (χ0) is 20.9. The van der Waals surface area contributed by atoms with Crippen molar-refractivity contribution in [1.29, 1.82) is 0 Å². The summed E-state index contributed by atoms with van der Waals surface area (Å²) in [5.74, 6) is 1.05. The van der Waals surface area contributed by atoms with E-state index >= 15 is 4.39 Å². The summed E-state index contributed by atoms with van der Waals surface area (Å²) in [4.78, 5) is 1.62. The van der Waals surface area contributed by atoms with Gasteiger partial charge in [-0.3, -0.25) is 4.40 Å². The Morgan fingerprint density at radius 3 is 2.33 bits per heavy atom. The molecule has 1 aliphatic heterocycles. The zero-order valence-electron chi connectivity index (χ0n) is 16.4. The Bertz CT molecular complexity index is 1050. The Morgan fingerprint density at radius 1 is 1.00 bits per heavy atom. The van der Waals surface area contributed by atoms with Gasteiger partial charge in [-0.1, -0.05) is 30.3 Å². The molecule has 1 aromatic carbocycles. The molecule has 158 valence electrons. The smallest absolute Gasteiger partial charge is 0.371 e. The molecule has 4 nitrogen and oxygen atoms in total. The van der Waals surface area contributed by atoms with Gasteiger partial charge in [-0.05, 0) is 30.4 Å². The molecule has 0 bridgehead atoms. The van der Waals surface area contributed by atoms with Gasteiger partial charge in [-0.2, -0.15) is 13.2 Å². The Hall–Kier alpha value is -2.64. The van der Waals surface area contributed by atoms with Crippen molar-refractivity contribution >= 4 is 11.3 Å². The second-order valence-electron chi connectivity index (χ2n) is 8.35. The maximum atomic E-state index is 15.4. The third-order valence-corrected chi connectivity index (χ3v) is 6.27. The molecule has 1 saturated heterocycles. The van der Waals surface area contributed by atoms with E-state index in [-0.39, 0.29) is 37.3 Å². The Morgan fingerprint density at radius 2 is 1.70 bits per heavy atom. The van der Waals surface area contributed by atoms with E-state index in [9.17, 15) is 13.2 Å². The van der Waals surface area contributed by atoms with Crippen LogP contribution in [0.1, 0.15) is 42.6 Å². The summed E-state index contributed by atoms with van der Waals surface area (Å²) in [7, 11) is 0. The minimum atomic E-state index is -4.58. The number of hydrogen-bond acceptors (Lipinski definition) is 3. The molecule has 8 heteroatoms. The third kappa shape index (κ3) is 3.42. The lowest BCUT2D eigenvalue weighted by Crippen LogP contribution is -2.41. The number of piperidine rings is 1. The highest BCUT2D eigenvalue weighted by Crippen LogP contribution is 2.43. The molecular formula is C22H22F4N4. The van der Waals surface area contributed by atoms with Gasteiger partial charge in [0.2, 0.25) is 0 Å². The number of fused-ring (bicyclic) bond motifs is 1. The first-order chi connectivity index (χ1) is 14.4. The first-order valence-electron chi connectivity index (χ1n) is 10.3. The number of hydrogen-bond donors (Lipinski definition) is 0. The molecule has 5 rings (SSSR count). The number of halogens is 4. The molecule has 2 aromatic heterocycles. The second kappa shape index (κ2) is 6.96. The number of anilines is 1. The number of aromatic nitrogens is 3. The van der Waals surface area contributed by atoms with Crippen molar-refractivity contribution in [2.75, 3.05) is 18.0 Å². The first-order valence-corrected chi connectivity index (χ1v) is 10.3. The van der Waals surface area contributed by atoms with Crippen LogP contribution in [0, 0.1) is 5.92 Å². The average molecular weight is 418 g/mol. The summed E-state index contributed by atoms with van der Waals surface area (Å²) < 4.78 is 59.1. The van der Waals surface area contributed by atoms with Gasteiger partial charge in [0.15, 0.2) is 5.65 Å². The van der Waals surface area contributed by atoms with Crippen LogP contribution in [-0.2, 0) is 18.3 Å². The molecule has 0 atom stereocenters. The van der Waals surface area contributed by atoms with E-state index in [1.807, 2.05) is 6.07 Å². The van der Waals surface area contributed by atoms with Gasteiger partial charge in [-0.25, -0.2) is 4.39 Å². The van der Waals surface area contributed by atoms with Crippen molar-refractivity contribution in [2.45, 2.75) is 43.9 Å². The summed E-state index contributed by atoms with van der Waals surface area (Å²) in [6.45, 7) is 0.404. The quantitative estimate of drug-likeness (QED) is 0.549. The molecule has 1 saturated carbocycles. The fraction of sp³-hybridized carbons (Fsp3) is 0.455.